The van der Waals surface area contributed by atoms with Crippen LogP contribution in [0.15, 0.2) is 35.2 Å². The standard InChI is InChI=1S/C16H23NO2S/c1-3-13-10-11-17-15(12-13)7-4-14-5-8-16(9-6-14)20(2,18)19/h4-9,13,15,17H,3,10-12H2,1-2H3/b7-4+. The molecule has 2 unspecified atom stereocenters. The average Bonchev–Trinajstić information content (AvgIpc) is 2.45. The van der Waals surface area contributed by atoms with Gasteiger partial charge >= 0.3 is 0 Å². The van der Waals surface area contributed by atoms with E-state index in [9.17, 15) is 8.42 Å². The topological polar surface area (TPSA) is 46.2 Å². The Balaban J connectivity index is 2.01. The molecule has 1 fully saturated rings. The van der Waals surface area contributed by atoms with Crippen LogP contribution in [0.4, 0.5) is 0 Å². The van der Waals surface area contributed by atoms with Crippen LogP contribution in [-0.2, 0) is 9.84 Å². The average molecular weight is 293 g/mol. The number of benzene rings is 1. The molecule has 0 spiro atoms. The van der Waals surface area contributed by atoms with Crippen LogP contribution in [0.2, 0.25) is 0 Å². The third kappa shape index (κ3) is 4.18. The summed E-state index contributed by atoms with van der Waals surface area (Å²) in [5.74, 6) is 0.818. The lowest BCUT2D eigenvalue weighted by molar-refractivity contribution is 0.326. The third-order valence-electron chi connectivity index (χ3n) is 3.95. The van der Waals surface area contributed by atoms with Gasteiger partial charge in [0.05, 0.1) is 4.90 Å². The van der Waals surface area contributed by atoms with Gasteiger partial charge in [-0.3, -0.25) is 0 Å². The van der Waals surface area contributed by atoms with Gasteiger partial charge in [0.1, 0.15) is 0 Å². The highest BCUT2D eigenvalue weighted by molar-refractivity contribution is 7.90. The Morgan fingerprint density at radius 2 is 2.00 bits per heavy atom. The zero-order valence-electron chi connectivity index (χ0n) is 12.2. The highest BCUT2D eigenvalue weighted by Gasteiger charge is 2.17. The Hall–Kier alpha value is -1.13. The number of rotatable bonds is 4. The van der Waals surface area contributed by atoms with Gasteiger partial charge in [0, 0.05) is 12.3 Å². The molecule has 0 bridgehead atoms. The summed E-state index contributed by atoms with van der Waals surface area (Å²) in [6.07, 6.45) is 9.20. The molecule has 1 aliphatic heterocycles. The smallest absolute Gasteiger partial charge is 0.175 e. The molecule has 3 nitrogen and oxygen atoms in total. The minimum absolute atomic E-state index is 0.372. The van der Waals surface area contributed by atoms with E-state index in [1.807, 2.05) is 12.1 Å². The van der Waals surface area contributed by atoms with Gasteiger partial charge < -0.3 is 5.32 Å². The van der Waals surface area contributed by atoms with Crippen molar-refractivity contribution in [2.24, 2.45) is 5.92 Å². The minimum Gasteiger partial charge on any atom is -0.310 e. The highest BCUT2D eigenvalue weighted by atomic mass is 32.2. The van der Waals surface area contributed by atoms with Crippen LogP contribution in [0, 0.1) is 5.92 Å². The largest absolute Gasteiger partial charge is 0.310 e. The van der Waals surface area contributed by atoms with Crippen molar-refractivity contribution in [2.45, 2.75) is 37.1 Å². The molecule has 0 aromatic heterocycles. The molecule has 1 heterocycles. The maximum absolute atomic E-state index is 11.4. The maximum atomic E-state index is 11.4. The number of piperidine rings is 1. The summed E-state index contributed by atoms with van der Waals surface area (Å²) in [5.41, 5.74) is 1.04. The molecule has 0 radical (unpaired) electrons. The molecule has 0 aliphatic carbocycles. The summed E-state index contributed by atoms with van der Waals surface area (Å²) in [5, 5.41) is 3.51. The first kappa shape index (κ1) is 15.3. The number of hydrogen-bond donors (Lipinski definition) is 1. The maximum Gasteiger partial charge on any atom is 0.175 e. The van der Waals surface area contributed by atoms with Crippen molar-refractivity contribution >= 4 is 15.9 Å². The second-order valence-electron chi connectivity index (χ2n) is 5.56. The first-order chi connectivity index (χ1) is 9.49. The Labute approximate surface area is 122 Å². The lowest BCUT2D eigenvalue weighted by Gasteiger charge is -2.27. The fourth-order valence-electron chi connectivity index (χ4n) is 2.60. The Morgan fingerprint density at radius 1 is 1.30 bits per heavy atom. The summed E-state index contributed by atoms with van der Waals surface area (Å²) in [6.45, 7) is 3.33. The number of sulfone groups is 1. The van der Waals surface area contributed by atoms with E-state index < -0.39 is 9.84 Å². The number of nitrogens with one attached hydrogen (secondary N) is 1. The lowest BCUT2D eigenvalue weighted by Crippen LogP contribution is -2.36. The van der Waals surface area contributed by atoms with Crippen LogP contribution in [0.25, 0.3) is 6.08 Å². The predicted molar refractivity (Wildman–Crippen MR) is 83.4 cm³/mol. The zero-order chi connectivity index (χ0) is 14.6. The molecule has 2 atom stereocenters. The van der Waals surface area contributed by atoms with E-state index in [1.54, 1.807) is 12.1 Å². The van der Waals surface area contributed by atoms with Crippen molar-refractivity contribution in [3.8, 4) is 0 Å². The van der Waals surface area contributed by atoms with E-state index in [0.717, 1.165) is 18.0 Å². The van der Waals surface area contributed by atoms with Crippen LogP contribution >= 0.6 is 0 Å². The van der Waals surface area contributed by atoms with Gasteiger partial charge in [-0.15, -0.1) is 0 Å². The van der Waals surface area contributed by atoms with Crippen molar-refractivity contribution in [2.75, 3.05) is 12.8 Å². The summed E-state index contributed by atoms with van der Waals surface area (Å²) in [7, 11) is -3.10. The van der Waals surface area contributed by atoms with Crippen molar-refractivity contribution in [3.05, 3.63) is 35.9 Å². The Morgan fingerprint density at radius 3 is 2.60 bits per heavy atom. The fourth-order valence-corrected chi connectivity index (χ4v) is 3.23. The Bertz CT molecular complexity index is 561. The lowest BCUT2D eigenvalue weighted by atomic mass is 9.90. The molecule has 2 rings (SSSR count). The molecular formula is C16H23NO2S. The molecule has 1 aromatic rings. The molecule has 0 saturated carbocycles. The zero-order valence-corrected chi connectivity index (χ0v) is 13.0. The van der Waals surface area contributed by atoms with Gasteiger partial charge in [-0.2, -0.15) is 0 Å². The second kappa shape index (κ2) is 6.55. The van der Waals surface area contributed by atoms with Gasteiger partial charge in [0.25, 0.3) is 0 Å². The van der Waals surface area contributed by atoms with E-state index >= 15 is 0 Å². The van der Waals surface area contributed by atoms with E-state index in [2.05, 4.69) is 24.4 Å². The summed E-state index contributed by atoms with van der Waals surface area (Å²) in [6, 6.07) is 7.47. The van der Waals surface area contributed by atoms with Gasteiger partial charge in [0.15, 0.2) is 9.84 Å². The van der Waals surface area contributed by atoms with Crippen LogP contribution in [-0.4, -0.2) is 27.3 Å². The molecular weight excluding hydrogens is 270 g/mol. The molecule has 1 aromatic carbocycles. The molecule has 110 valence electrons. The molecule has 20 heavy (non-hydrogen) atoms. The van der Waals surface area contributed by atoms with Gasteiger partial charge in [-0.1, -0.05) is 37.6 Å². The second-order valence-corrected chi connectivity index (χ2v) is 7.58. The molecule has 1 aliphatic rings. The minimum atomic E-state index is -3.10. The normalized spacial score (nSPS) is 24.1. The third-order valence-corrected chi connectivity index (χ3v) is 5.08. The van der Waals surface area contributed by atoms with Crippen LogP contribution in [0.1, 0.15) is 31.7 Å². The first-order valence-electron chi connectivity index (χ1n) is 7.20. The van der Waals surface area contributed by atoms with Gasteiger partial charge in [-0.05, 0) is 43.0 Å². The summed E-state index contributed by atoms with van der Waals surface area (Å²) < 4.78 is 22.8. The van der Waals surface area contributed by atoms with E-state index in [-0.39, 0.29) is 0 Å². The first-order valence-corrected chi connectivity index (χ1v) is 9.10. The van der Waals surface area contributed by atoms with Crippen LogP contribution in [0.5, 0.6) is 0 Å². The van der Waals surface area contributed by atoms with Gasteiger partial charge in [0.2, 0.25) is 0 Å². The van der Waals surface area contributed by atoms with Crippen LogP contribution in [0.3, 0.4) is 0 Å². The highest BCUT2D eigenvalue weighted by Crippen LogP contribution is 2.20. The monoisotopic (exact) mass is 293 g/mol. The van der Waals surface area contributed by atoms with Crippen LogP contribution < -0.4 is 5.32 Å². The Kier molecular flexibility index (Phi) is 5.00. The quantitative estimate of drug-likeness (QED) is 0.928. The van der Waals surface area contributed by atoms with E-state index in [4.69, 9.17) is 0 Å². The van der Waals surface area contributed by atoms with Gasteiger partial charge in [-0.25, -0.2) is 8.42 Å². The van der Waals surface area contributed by atoms with Crippen molar-refractivity contribution in [1.82, 2.24) is 5.32 Å². The predicted octanol–water partition coefficient (Wildman–Crippen LogP) is 2.88. The van der Waals surface area contributed by atoms with Crippen molar-refractivity contribution in [1.29, 1.82) is 0 Å². The SMILES string of the molecule is CCC1CCNC(/C=C/c2ccc(S(C)(=O)=O)cc2)C1. The molecule has 0 amide bonds. The summed E-state index contributed by atoms with van der Waals surface area (Å²) in [4.78, 5) is 0.372. The van der Waals surface area contributed by atoms with Crippen molar-refractivity contribution in [3.63, 3.8) is 0 Å². The van der Waals surface area contributed by atoms with E-state index in [0.29, 0.717) is 10.9 Å². The summed E-state index contributed by atoms with van der Waals surface area (Å²) >= 11 is 0. The molecule has 1 N–H and O–H groups in total. The van der Waals surface area contributed by atoms with E-state index in [1.165, 1.54) is 25.5 Å². The van der Waals surface area contributed by atoms with Crippen molar-refractivity contribution < 1.29 is 8.42 Å². The fraction of sp³-hybridized carbons (Fsp3) is 0.500. The number of hydrogen-bond acceptors (Lipinski definition) is 3. The molecule has 4 heteroatoms. The molecule has 1 saturated heterocycles.